The van der Waals surface area contributed by atoms with Crippen molar-refractivity contribution in [1.29, 1.82) is 0 Å². The first-order valence-corrected chi connectivity index (χ1v) is 6.16. The summed E-state index contributed by atoms with van der Waals surface area (Å²) in [7, 11) is 0. The molecule has 0 aliphatic carbocycles. The van der Waals surface area contributed by atoms with Crippen molar-refractivity contribution in [3.63, 3.8) is 0 Å². The molecule has 4 nitrogen and oxygen atoms in total. The second-order valence-electron chi connectivity index (χ2n) is 4.93. The summed E-state index contributed by atoms with van der Waals surface area (Å²) in [4.78, 5) is 11.8. The fourth-order valence-electron chi connectivity index (χ4n) is 1.75. The largest absolute Gasteiger partial charge is 0.508 e. The molecule has 1 aromatic carbocycles. The van der Waals surface area contributed by atoms with Crippen molar-refractivity contribution in [2.24, 2.45) is 0 Å². The zero-order valence-electron chi connectivity index (χ0n) is 11.2. The smallest absolute Gasteiger partial charge is 0.251 e. The van der Waals surface area contributed by atoms with E-state index in [4.69, 9.17) is 0 Å². The van der Waals surface area contributed by atoms with Crippen molar-refractivity contribution in [1.82, 2.24) is 5.32 Å². The van der Waals surface area contributed by atoms with Gasteiger partial charge in [0.2, 0.25) is 0 Å². The lowest BCUT2D eigenvalue weighted by atomic mass is 10.0. The highest BCUT2D eigenvalue weighted by molar-refractivity contribution is 5.94. The zero-order chi connectivity index (χ0) is 13.8. The Balaban J connectivity index is 2.63. The maximum Gasteiger partial charge on any atom is 0.251 e. The molecule has 1 atom stereocenters. The second kappa shape index (κ2) is 5.87. The van der Waals surface area contributed by atoms with Gasteiger partial charge < -0.3 is 15.5 Å². The van der Waals surface area contributed by atoms with Crippen LogP contribution in [0.15, 0.2) is 18.2 Å². The van der Waals surface area contributed by atoms with Crippen LogP contribution in [0.3, 0.4) is 0 Å². The summed E-state index contributed by atoms with van der Waals surface area (Å²) in [6.07, 6.45) is 1.49. The molecular formula is C14H21NO3. The first kappa shape index (κ1) is 14.5. The van der Waals surface area contributed by atoms with E-state index in [2.05, 4.69) is 5.32 Å². The maximum atomic E-state index is 11.8. The Morgan fingerprint density at radius 2 is 2.11 bits per heavy atom. The van der Waals surface area contributed by atoms with E-state index < -0.39 is 5.60 Å². The minimum atomic E-state index is -0.892. The van der Waals surface area contributed by atoms with E-state index in [9.17, 15) is 15.0 Å². The minimum absolute atomic E-state index is 0.1000. The van der Waals surface area contributed by atoms with Crippen LogP contribution in [0.1, 0.15) is 42.6 Å². The van der Waals surface area contributed by atoms with Crippen molar-refractivity contribution in [3.05, 3.63) is 29.3 Å². The number of rotatable bonds is 5. The van der Waals surface area contributed by atoms with Gasteiger partial charge in [-0.15, -0.1) is 0 Å². The highest BCUT2D eigenvalue weighted by Gasteiger charge is 2.20. The lowest BCUT2D eigenvalue weighted by molar-refractivity contribution is 0.0469. The molecule has 0 saturated heterocycles. The van der Waals surface area contributed by atoms with Crippen LogP contribution in [0.2, 0.25) is 0 Å². The summed E-state index contributed by atoms with van der Waals surface area (Å²) in [6.45, 7) is 5.65. The molecule has 1 amide bonds. The number of phenols is 1. The van der Waals surface area contributed by atoms with E-state index in [0.29, 0.717) is 12.0 Å². The summed E-state index contributed by atoms with van der Waals surface area (Å²) in [5, 5.41) is 22.1. The molecule has 0 aromatic heterocycles. The number of aryl methyl sites for hydroxylation is 1. The van der Waals surface area contributed by atoms with Crippen LogP contribution in [-0.4, -0.2) is 28.3 Å². The van der Waals surface area contributed by atoms with Gasteiger partial charge in [-0.3, -0.25) is 4.79 Å². The van der Waals surface area contributed by atoms with E-state index in [-0.39, 0.29) is 18.2 Å². The molecule has 0 spiro atoms. The molecule has 0 aliphatic heterocycles. The molecule has 100 valence electrons. The van der Waals surface area contributed by atoms with Crippen LogP contribution in [0.5, 0.6) is 5.75 Å². The monoisotopic (exact) mass is 251 g/mol. The van der Waals surface area contributed by atoms with E-state index in [1.165, 1.54) is 6.07 Å². The number of phenolic OH excluding ortho intramolecular Hbond substituents is 1. The van der Waals surface area contributed by atoms with E-state index in [1.54, 1.807) is 26.0 Å². The van der Waals surface area contributed by atoms with Gasteiger partial charge in [-0.25, -0.2) is 0 Å². The van der Waals surface area contributed by atoms with Gasteiger partial charge in [0.15, 0.2) is 0 Å². The quantitative estimate of drug-likeness (QED) is 0.749. The van der Waals surface area contributed by atoms with Crippen LogP contribution in [0.4, 0.5) is 0 Å². The third-order valence-corrected chi connectivity index (χ3v) is 2.89. The number of aromatic hydroxyl groups is 1. The molecule has 1 aromatic rings. The van der Waals surface area contributed by atoms with Crippen LogP contribution in [-0.2, 0) is 0 Å². The van der Waals surface area contributed by atoms with E-state index in [0.717, 1.165) is 12.0 Å². The van der Waals surface area contributed by atoms with Crippen molar-refractivity contribution in [2.75, 3.05) is 6.54 Å². The van der Waals surface area contributed by atoms with Gasteiger partial charge in [-0.05, 0) is 38.0 Å². The maximum absolute atomic E-state index is 11.8. The molecule has 0 saturated carbocycles. The minimum Gasteiger partial charge on any atom is -0.508 e. The zero-order valence-corrected chi connectivity index (χ0v) is 11.2. The highest BCUT2D eigenvalue weighted by Crippen LogP contribution is 2.17. The van der Waals surface area contributed by atoms with Gasteiger partial charge in [-0.1, -0.05) is 19.4 Å². The Hall–Kier alpha value is -1.55. The number of hydrogen-bond acceptors (Lipinski definition) is 3. The normalized spacial score (nSPS) is 14.0. The molecule has 1 unspecified atom stereocenters. The lowest BCUT2D eigenvalue weighted by Gasteiger charge is -2.22. The number of aliphatic hydroxyl groups is 1. The number of hydrogen-bond donors (Lipinski definition) is 3. The van der Waals surface area contributed by atoms with Crippen molar-refractivity contribution >= 4 is 5.91 Å². The molecule has 0 bridgehead atoms. The summed E-state index contributed by atoms with van der Waals surface area (Å²) in [5.74, 6) is -0.190. The first-order chi connectivity index (χ1) is 8.35. The summed E-state index contributed by atoms with van der Waals surface area (Å²) in [6, 6.07) is 4.77. The first-order valence-electron chi connectivity index (χ1n) is 6.16. The van der Waals surface area contributed by atoms with Crippen LogP contribution in [0.25, 0.3) is 0 Å². The molecule has 0 heterocycles. The second-order valence-corrected chi connectivity index (χ2v) is 4.93. The molecule has 18 heavy (non-hydrogen) atoms. The Labute approximate surface area is 108 Å². The van der Waals surface area contributed by atoms with E-state index >= 15 is 0 Å². The standard InChI is InChI=1S/C14H21NO3/c1-4-7-14(3,18)9-15-13(17)11-6-5-10(2)12(16)8-11/h5-6,8,16,18H,4,7,9H2,1-3H3,(H,15,17). The van der Waals surface area contributed by atoms with E-state index in [1.807, 2.05) is 6.92 Å². The Bertz CT molecular complexity index is 427. The summed E-state index contributed by atoms with van der Waals surface area (Å²) >= 11 is 0. The molecule has 0 aliphatic rings. The molecular weight excluding hydrogens is 230 g/mol. The highest BCUT2D eigenvalue weighted by atomic mass is 16.3. The molecule has 0 fully saturated rings. The number of nitrogens with one attached hydrogen (secondary N) is 1. The fraction of sp³-hybridized carbons (Fsp3) is 0.500. The fourth-order valence-corrected chi connectivity index (χ4v) is 1.75. The summed E-state index contributed by atoms with van der Waals surface area (Å²) in [5.41, 5.74) is 0.229. The van der Waals surface area contributed by atoms with Gasteiger partial charge in [0.1, 0.15) is 5.75 Å². The Kier molecular flexibility index (Phi) is 4.73. The Morgan fingerprint density at radius 1 is 1.44 bits per heavy atom. The molecule has 3 N–H and O–H groups in total. The topological polar surface area (TPSA) is 69.6 Å². The van der Waals surface area contributed by atoms with Crippen molar-refractivity contribution < 1.29 is 15.0 Å². The average molecular weight is 251 g/mol. The van der Waals surface area contributed by atoms with Crippen LogP contribution in [0, 0.1) is 6.92 Å². The summed E-state index contributed by atoms with van der Waals surface area (Å²) < 4.78 is 0. The predicted octanol–water partition coefficient (Wildman–Crippen LogP) is 1.98. The van der Waals surface area contributed by atoms with Gasteiger partial charge in [0, 0.05) is 12.1 Å². The van der Waals surface area contributed by atoms with Crippen molar-refractivity contribution in [3.8, 4) is 5.75 Å². The molecule has 1 rings (SSSR count). The van der Waals surface area contributed by atoms with Gasteiger partial charge in [0.05, 0.1) is 5.60 Å². The van der Waals surface area contributed by atoms with Gasteiger partial charge in [0.25, 0.3) is 5.91 Å². The molecule has 0 radical (unpaired) electrons. The van der Waals surface area contributed by atoms with Gasteiger partial charge >= 0.3 is 0 Å². The third-order valence-electron chi connectivity index (χ3n) is 2.89. The lowest BCUT2D eigenvalue weighted by Crippen LogP contribution is -2.40. The Morgan fingerprint density at radius 3 is 2.67 bits per heavy atom. The number of amides is 1. The number of carbonyl (C=O) groups excluding carboxylic acids is 1. The predicted molar refractivity (Wildman–Crippen MR) is 70.7 cm³/mol. The SMILES string of the molecule is CCCC(C)(O)CNC(=O)c1ccc(C)c(O)c1. The van der Waals surface area contributed by atoms with Crippen LogP contribution < -0.4 is 5.32 Å². The average Bonchev–Trinajstić information content (AvgIpc) is 2.30. The number of benzene rings is 1. The van der Waals surface area contributed by atoms with Crippen LogP contribution >= 0.6 is 0 Å². The van der Waals surface area contributed by atoms with Crippen molar-refractivity contribution in [2.45, 2.75) is 39.2 Å². The molecule has 4 heteroatoms. The number of carbonyl (C=O) groups is 1. The third kappa shape index (κ3) is 4.04. The van der Waals surface area contributed by atoms with Gasteiger partial charge in [-0.2, -0.15) is 0 Å².